The summed E-state index contributed by atoms with van der Waals surface area (Å²) in [4.78, 5) is 3.86. The molecule has 1 heterocycles. The summed E-state index contributed by atoms with van der Waals surface area (Å²) >= 11 is 0. The molecule has 46 valence electrons. The first-order valence-electron chi connectivity index (χ1n) is 2.67. The molecule has 2 heteroatoms. The standard InChI is InChI=1S/C7H8N2/c1-2-6-4-3-5-9-7(6)8/h2-5H,1H2,(H2,8,9). The van der Waals surface area contributed by atoms with E-state index in [0.717, 1.165) is 5.56 Å². The first-order valence-corrected chi connectivity index (χ1v) is 2.67. The van der Waals surface area contributed by atoms with Gasteiger partial charge in [-0.25, -0.2) is 4.98 Å². The molecule has 0 bridgehead atoms. The molecule has 0 saturated heterocycles. The molecule has 2 N–H and O–H groups in total. The monoisotopic (exact) mass is 120 g/mol. The molecule has 1 rings (SSSR count). The molecule has 0 unspecified atom stereocenters. The fraction of sp³-hybridized carbons (Fsp3) is 0. The van der Waals surface area contributed by atoms with Crippen molar-refractivity contribution in [2.45, 2.75) is 0 Å². The summed E-state index contributed by atoms with van der Waals surface area (Å²) in [5.74, 6) is 0.535. The van der Waals surface area contributed by atoms with Crippen molar-refractivity contribution in [2.75, 3.05) is 5.73 Å². The molecule has 0 atom stereocenters. The fourth-order valence-corrected chi connectivity index (χ4v) is 0.603. The van der Waals surface area contributed by atoms with Crippen LogP contribution in [0.1, 0.15) is 5.56 Å². The zero-order valence-corrected chi connectivity index (χ0v) is 5.04. The van der Waals surface area contributed by atoms with Crippen LogP contribution >= 0.6 is 0 Å². The molecule has 0 radical (unpaired) electrons. The summed E-state index contributed by atoms with van der Waals surface area (Å²) in [5, 5.41) is 0. The molecule has 9 heavy (non-hydrogen) atoms. The van der Waals surface area contributed by atoms with E-state index in [2.05, 4.69) is 11.6 Å². The van der Waals surface area contributed by atoms with E-state index in [1.54, 1.807) is 12.3 Å². The summed E-state index contributed by atoms with van der Waals surface area (Å²) in [6.07, 6.45) is 3.34. The van der Waals surface area contributed by atoms with Gasteiger partial charge in [0.05, 0.1) is 0 Å². The highest BCUT2D eigenvalue weighted by Crippen LogP contribution is 2.06. The Morgan fingerprint density at radius 3 is 2.89 bits per heavy atom. The molecule has 0 spiro atoms. The molecule has 0 amide bonds. The molecular weight excluding hydrogens is 112 g/mol. The van der Waals surface area contributed by atoms with E-state index < -0.39 is 0 Å². The van der Waals surface area contributed by atoms with Crippen LogP contribution in [0.5, 0.6) is 0 Å². The predicted molar refractivity (Wildman–Crippen MR) is 38.7 cm³/mol. The molecule has 2 nitrogen and oxygen atoms in total. The van der Waals surface area contributed by atoms with Gasteiger partial charge in [0.1, 0.15) is 5.82 Å². The van der Waals surface area contributed by atoms with Crippen LogP contribution in [0, 0.1) is 0 Å². The van der Waals surface area contributed by atoms with Crippen molar-refractivity contribution in [1.82, 2.24) is 4.98 Å². The maximum absolute atomic E-state index is 5.45. The van der Waals surface area contributed by atoms with Gasteiger partial charge in [0.25, 0.3) is 0 Å². The lowest BCUT2D eigenvalue weighted by atomic mass is 10.2. The number of nitrogens with zero attached hydrogens (tertiary/aromatic N) is 1. The van der Waals surface area contributed by atoms with Gasteiger partial charge < -0.3 is 5.73 Å². The Labute approximate surface area is 54.0 Å². The maximum atomic E-state index is 5.45. The topological polar surface area (TPSA) is 38.9 Å². The van der Waals surface area contributed by atoms with Crippen LogP contribution in [0.3, 0.4) is 0 Å². The van der Waals surface area contributed by atoms with Crippen molar-refractivity contribution in [1.29, 1.82) is 0 Å². The number of nitrogens with two attached hydrogens (primary N) is 1. The minimum Gasteiger partial charge on any atom is -0.383 e. The van der Waals surface area contributed by atoms with Crippen molar-refractivity contribution >= 4 is 11.9 Å². The van der Waals surface area contributed by atoms with Gasteiger partial charge in [0, 0.05) is 11.8 Å². The predicted octanol–water partition coefficient (Wildman–Crippen LogP) is 1.31. The lowest BCUT2D eigenvalue weighted by Crippen LogP contribution is -1.91. The summed E-state index contributed by atoms with van der Waals surface area (Å²) in [5.41, 5.74) is 6.34. The zero-order chi connectivity index (χ0) is 6.69. The van der Waals surface area contributed by atoms with Gasteiger partial charge in [-0.05, 0) is 12.1 Å². The summed E-state index contributed by atoms with van der Waals surface area (Å²) in [7, 11) is 0. The van der Waals surface area contributed by atoms with Crippen LogP contribution in [0.25, 0.3) is 6.08 Å². The first kappa shape index (κ1) is 5.82. The molecule has 0 aromatic carbocycles. The van der Waals surface area contributed by atoms with Crippen LogP contribution < -0.4 is 5.73 Å². The number of nitrogen functional groups attached to an aromatic ring is 1. The number of pyridine rings is 1. The van der Waals surface area contributed by atoms with E-state index in [1.165, 1.54) is 0 Å². The Morgan fingerprint density at radius 1 is 1.67 bits per heavy atom. The van der Waals surface area contributed by atoms with E-state index in [1.807, 2.05) is 12.1 Å². The van der Waals surface area contributed by atoms with Crippen molar-refractivity contribution in [3.05, 3.63) is 30.5 Å². The third kappa shape index (κ3) is 1.08. The van der Waals surface area contributed by atoms with Gasteiger partial charge in [-0.15, -0.1) is 0 Å². The average Bonchev–Trinajstić information content (AvgIpc) is 1.89. The highest BCUT2D eigenvalue weighted by molar-refractivity contribution is 5.58. The van der Waals surface area contributed by atoms with Gasteiger partial charge in [-0.3, -0.25) is 0 Å². The Kier molecular flexibility index (Phi) is 1.49. The van der Waals surface area contributed by atoms with E-state index in [9.17, 15) is 0 Å². The van der Waals surface area contributed by atoms with E-state index in [0.29, 0.717) is 5.82 Å². The third-order valence-electron chi connectivity index (χ3n) is 1.09. The van der Waals surface area contributed by atoms with Crippen LogP contribution in [0.2, 0.25) is 0 Å². The van der Waals surface area contributed by atoms with Crippen LogP contribution in [0.4, 0.5) is 5.82 Å². The van der Waals surface area contributed by atoms with Crippen molar-refractivity contribution in [3.63, 3.8) is 0 Å². The summed E-state index contributed by atoms with van der Waals surface area (Å²) in [6.45, 7) is 3.57. The minimum atomic E-state index is 0.535. The molecule has 0 fully saturated rings. The Bertz CT molecular complexity index is 218. The Hall–Kier alpha value is -1.31. The second-order valence-corrected chi connectivity index (χ2v) is 1.68. The number of rotatable bonds is 1. The van der Waals surface area contributed by atoms with Crippen molar-refractivity contribution in [3.8, 4) is 0 Å². The van der Waals surface area contributed by atoms with Gasteiger partial charge in [-0.1, -0.05) is 12.7 Å². The molecular formula is C7H8N2. The maximum Gasteiger partial charge on any atom is 0.130 e. The van der Waals surface area contributed by atoms with Gasteiger partial charge in [0.2, 0.25) is 0 Å². The number of hydrogen-bond acceptors (Lipinski definition) is 2. The Balaban J connectivity index is 3.15. The normalized spacial score (nSPS) is 8.89. The van der Waals surface area contributed by atoms with Crippen LogP contribution in [0.15, 0.2) is 24.9 Å². The molecule has 0 aliphatic rings. The molecule has 0 aliphatic carbocycles. The lowest BCUT2D eigenvalue weighted by molar-refractivity contribution is 1.33. The quantitative estimate of drug-likeness (QED) is 0.606. The first-order chi connectivity index (χ1) is 4.34. The Morgan fingerprint density at radius 2 is 2.44 bits per heavy atom. The SMILES string of the molecule is C=Cc1cccnc1N. The smallest absolute Gasteiger partial charge is 0.130 e. The molecule has 0 saturated carbocycles. The second kappa shape index (κ2) is 2.31. The molecule has 1 aromatic heterocycles. The molecule has 0 aliphatic heterocycles. The van der Waals surface area contributed by atoms with Gasteiger partial charge in [-0.2, -0.15) is 0 Å². The average molecular weight is 120 g/mol. The van der Waals surface area contributed by atoms with Crippen LogP contribution in [-0.4, -0.2) is 4.98 Å². The fourth-order valence-electron chi connectivity index (χ4n) is 0.603. The second-order valence-electron chi connectivity index (χ2n) is 1.68. The van der Waals surface area contributed by atoms with Crippen molar-refractivity contribution < 1.29 is 0 Å². The summed E-state index contributed by atoms with van der Waals surface area (Å²) < 4.78 is 0. The number of hydrogen-bond donors (Lipinski definition) is 1. The van der Waals surface area contributed by atoms with Gasteiger partial charge in [0.15, 0.2) is 0 Å². The number of anilines is 1. The van der Waals surface area contributed by atoms with Gasteiger partial charge >= 0.3 is 0 Å². The van der Waals surface area contributed by atoms with Crippen molar-refractivity contribution in [2.24, 2.45) is 0 Å². The van der Waals surface area contributed by atoms with Crippen LogP contribution in [-0.2, 0) is 0 Å². The lowest BCUT2D eigenvalue weighted by Gasteiger charge is -1.94. The summed E-state index contributed by atoms with van der Waals surface area (Å²) in [6, 6.07) is 3.70. The number of aromatic nitrogens is 1. The van der Waals surface area contributed by atoms with E-state index >= 15 is 0 Å². The highest BCUT2D eigenvalue weighted by Gasteiger charge is 1.89. The third-order valence-corrected chi connectivity index (χ3v) is 1.09. The minimum absolute atomic E-state index is 0.535. The molecule has 1 aromatic rings. The zero-order valence-electron chi connectivity index (χ0n) is 5.04. The largest absolute Gasteiger partial charge is 0.383 e. The van der Waals surface area contributed by atoms with E-state index in [-0.39, 0.29) is 0 Å². The van der Waals surface area contributed by atoms with E-state index in [4.69, 9.17) is 5.73 Å². The highest BCUT2D eigenvalue weighted by atomic mass is 14.8.